The standard InChI is InChI=1S/C19H14FN5O/c20-15-3-7-17(8-4-15)26-11-19-22-10-9-18(24-19)14-1-5-16(6-2-14)25-13-21-12-23-25/h1-10,12-13H,11H2. The lowest BCUT2D eigenvalue weighted by Gasteiger charge is -2.07. The van der Waals surface area contributed by atoms with Gasteiger partial charge in [-0.05, 0) is 42.5 Å². The van der Waals surface area contributed by atoms with Gasteiger partial charge < -0.3 is 4.74 Å². The Morgan fingerprint density at radius 2 is 1.77 bits per heavy atom. The summed E-state index contributed by atoms with van der Waals surface area (Å²) < 4.78 is 20.2. The lowest BCUT2D eigenvalue weighted by Crippen LogP contribution is -2.02. The summed E-state index contributed by atoms with van der Waals surface area (Å²) in [6, 6.07) is 15.5. The maximum Gasteiger partial charge on any atom is 0.166 e. The van der Waals surface area contributed by atoms with Crippen molar-refractivity contribution in [2.75, 3.05) is 0 Å². The van der Waals surface area contributed by atoms with Gasteiger partial charge in [0.1, 0.15) is 30.8 Å². The predicted molar refractivity (Wildman–Crippen MR) is 93.1 cm³/mol. The van der Waals surface area contributed by atoms with Crippen molar-refractivity contribution in [1.29, 1.82) is 0 Å². The van der Waals surface area contributed by atoms with Gasteiger partial charge in [0.2, 0.25) is 0 Å². The number of hydrogen-bond donors (Lipinski definition) is 0. The number of rotatable bonds is 5. The Balaban J connectivity index is 1.49. The van der Waals surface area contributed by atoms with Gasteiger partial charge in [-0.15, -0.1) is 0 Å². The Hall–Kier alpha value is -3.61. The van der Waals surface area contributed by atoms with Crippen LogP contribution in [0.3, 0.4) is 0 Å². The molecule has 0 fully saturated rings. The minimum absolute atomic E-state index is 0.205. The second kappa shape index (κ2) is 7.10. The van der Waals surface area contributed by atoms with Crippen molar-refractivity contribution in [1.82, 2.24) is 24.7 Å². The van der Waals surface area contributed by atoms with Crippen LogP contribution in [0.2, 0.25) is 0 Å². The second-order valence-electron chi connectivity index (χ2n) is 5.49. The average molecular weight is 347 g/mol. The molecule has 4 rings (SSSR count). The highest BCUT2D eigenvalue weighted by Gasteiger charge is 2.05. The van der Waals surface area contributed by atoms with E-state index in [1.165, 1.54) is 18.5 Å². The molecule has 0 aliphatic carbocycles. The van der Waals surface area contributed by atoms with Crippen molar-refractivity contribution < 1.29 is 9.13 Å². The van der Waals surface area contributed by atoms with Crippen molar-refractivity contribution in [3.8, 4) is 22.7 Å². The fourth-order valence-corrected chi connectivity index (χ4v) is 2.43. The second-order valence-corrected chi connectivity index (χ2v) is 5.49. The summed E-state index contributed by atoms with van der Waals surface area (Å²) in [5, 5.41) is 4.10. The van der Waals surface area contributed by atoms with Crippen molar-refractivity contribution >= 4 is 0 Å². The first kappa shape index (κ1) is 15.9. The smallest absolute Gasteiger partial charge is 0.166 e. The van der Waals surface area contributed by atoms with Gasteiger partial charge in [-0.3, -0.25) is 0 Å². The molecule has 2 aromatic heterocycles. The molecule has 0 N–H and O–H groups in total. The fraction of sp³-hybridized carbons (Fsp3) is 0.0526. The molecule has 4 aromatic rings. The predicted octanol–water partition coefficient (Wildman–Crippen LogP) is 3.44. The molecule has 6 nitrogen and oxygen atoms in total. The Labute approximate surface area is 149 Å². The molecule has 0 amide bonds. The monoisotopic (exact) mass is 347 g/mol. The third kappa shape index (κ3) is 3.56. The first-order valence-corrected chi connectivity index (χ1v) is 7.94. The van der Waals surface area contributed by atoms with E-state index >= 15 is 0 Å². The van der Waals surface area contributed by atoms with E-state index in [9.17, 15) is 4.39 Å². The minimum Gasteiger partial charge on any atom is -0.486 e. The van der Waals surface area contributed by atoms with E-state index < -0.39 is 0 Å². The zero-order chi connectivity index (χ0) is 17.8. The summed E-state index contributed by atoms with van der Waals surface area (Å²) in [5.41, 5.74) is 2.67. The summed E-state index contributed by atoms with van der Waals surface area (Å²) in [6.45, 7) is 0.205. The third-order valence-corrected chi connectivity index (χ3v) is 3.73. The van der Waals surface area contributed by atoms with Crippen LogP contribution < -0.4 is 4.74 Å². The van der Waals surface area contributed by atoms with E-state index in [1.54, 1.807) is 29.3 Å². The molecule has 2 aromatic carbocycles. The number of benzene rings is 2. The molecule has 7 heteroatoms. The van der Waals surface area contributed by atoms with Gasteiger partial charge in [0.15, 0.2) is 5.82 Å². The summed E-state index contributed by atoms with van der Waals surface area (Å²) in [7, 11) is 0. The van der Waals surface area contributed by atoms with Gasteiger partial charge in [-0.25, -0.2) is 24.0 Å². The maximum atomic E-state index is 12.9. The van der Waals surface area contributed by atoms with Gasteiger partial charge in [0.25, 0.3) is 0 Å². The maximum absolute atomic E-state index is 12.9. The zero-order valence-electron chi connectivity index (χ0n) is 13.7. The molecule has 0 bridgehead atoms. The molecule has 2 heterocycles. The highest BCUT2D eigenvalue weighted by molar-refractivity contribution is 5.60. The van der Waals surface area contributed by atoms with Crippen molar-refractivity contribution in [3.63, 3.8) is 0 Å². The topological polar surface area (TPSA) is 65.7 Å². The molecule has 0 aliphatic rings. The molecule has 0 atom stereocenters. The minimum atomic E-state index is -0.301. The number of nitrogens with zero attached hydrogens (tertiary/aromatic N) is 5. The third-order valence-electron chi connectivity index (χ3n) is 3.73. The number of hydrogen-bond acceptors (Lipinski definition) is 5. The Morgan fingerprint density at radius 1 is 0.962 bits per heavy atom. The Kier molecular flexibility index (Phi) is 4.34. The van der Waals surface area contributed by atoms with Crippen LogP contribution >= 0.6 is 0 Å². The average Bonchev–Trinajstić information content (AvgIpc) is 3.23. The SMILES string of the molecule is Fc1ccc(OCc2nccc(-c3ccc(-n4cncn4)cc3)n2)cc1. The van der Waals surface area contributed by atoms with E-state index in [2.05, 4.69) is 20.1 Å². The van der Waals surface area contributed by atoms with Gasteiger partial charge in [-0.2, -0.15) is 5.10 Å². The van der Waals surface area contributed by atoms with E-state index in [-0.39, 0.29) is 12.4 Å². The van der Waals surface area contributed by atoms with Gasteiger partial charge in [0.05, 0.1) is 11.4 Å². The van der Waals surface area contributed by atoms with Crippen molar-refractivity contribution in [3.05, 3.63) is 85.1 Å². The molecule has 26 heavy (non-hydrogen) atoms. The fourth-order valence-electron chi connectivity index (χ4n) is 2.43. The van der Waals surface area contributed by atoms with E-state index in [4.69, 9.17) is 4.74 Å². The van der Waals surface area contributed by atoms with E-state index in [0.29, 0.717) is 11.6 Å². The summed E-state index contributed by atoms with van der Waals surface area (Å²) in [6.07, 6.45) is 4.83. The Morgan fingerprint density at radius 3 is 2.50 bits per heavy atom. The molecule has 0 saturated carbocycles. The summed E-state index contributed by atoms with van der Waals surface area (Å²) in [4.78, 5) is 12.7. The van der Waals surface area contributed by atoms with Gasteiger partial charge in [-0.1, -0.05) is 12.1 Å². The van der Waals surface area contributed by atoms with Crippen molar-refractivity contribution in [2.45, 2.75) is 6.61 Å². The van der Waals surface area contributed by atoms with Crippen molar-refractivity contribution in [2.24, 2.45) is 0 Å². The largest absolute Gasteiger partial charge is 0.486 e. The number of aromatic nitrogens is 5. The number of halogens is 1. The van der Waals surface area contributed by atoms with Crippen LogP contribution in [-0.2, 0) is 6.61 Å². The molecule has 0 spiro atoms. The molecular formula is C19H14FN5O. The van der Waals surface area contributed by atoms with Crippen LogP contribution in [0.1, 0.15) is 5.82 Å². The molecule has 0 aliphatic heterocycles. The number of ether oxygens (including phenoxy) is 1. The molecule has 0 saturated heterocycles. The van der Waals surface area contributed by atoms with E-state index in [1.807, 2.05) is 30.3 Å². The van der Waals surface area contributed by atoms with Crippen LogP contribution in [0.4, 0.5) is 4.39 Å². The van der Waals surface area contributed by atoms with Gasteiger partial charge >= 0.3 is 0 Å². The van der Waals surface area contributed by atoms with Crippen LogP contribution in [0, 0.1) is 5.82 Å². The lowest BCUT2D eigenvalue weighted by molar-refractivity contribution is 0.295. The van der Waals surface area contributed by atoms with E-state index in [0.717, 1.165) is 16.9 Å². The Bertz CT molecular complexity index is 985. The normalized spacial score (nSPS) is 10.7. The summed E-state index contributed by atoms with van der Waals surface area (Å²) in [5.74, 6) is 0.815. The zero-order valence-corrected chi connectivity index (χ0v) is 13.7. The molecule has 128 valence electrons. The quantitative estimate of drug-likeness (QED) is 0.553. The molecule has 0 radical (unpaired) electrons. The van der Waals surface area contributed by atoms with Crippen LogP contribution in [0.25, 0.3) is 16.9 Å². The first-order chi connectivity index (χ1) is 12.8. The van der Waals surface area contributed by atoms with Gasteiger partial charge in [0, 0.05) is 11.8 Å². The highest BCUT2D eigenvalue weighted by atomic mass is 19.1. The van der Waals surface area contributed by atoms with Crippen LogP contribution in [-0.4, -0.2) is 24.7 Å². The molecule has 0 unspecified atom stereocenters. The lowest BCUT2D eigenvalue weighted by atomic mass is 10.1. The molecular weight excluding hydrogens is 333 g/mol. The van der Waals surface area contributed by atoms with Crippen LogP contribution in [0.15, 0.2) is 73.4 Å². The first-order valence-electron chi connectivity index (χ1n) is 7.94. The van der Waals surface area contributed by atoms with Crippen LogP contribution in [0.5, 0.6) is 5.75 Å². The highest BCUT2D eigenvalue weighted by Crippen LogP contribution is 2.19. The summed E-state index contributed by atoms with van der Waals surface area (Å²) >= 11 is 0.